The van der Waals surface area contributed by atoms with Crippen molar-refractivity contribution in [2.75, 3.05) is 6.54 Å². The predicted molar refractivity (Wildman–Crippen MR) is 92.3 cm³/mol. The molecule has 0 saturated carbocycles. The van der Waals surface area contributed by atoms with Crippen LogP contribution in [0.4, 0.5) is 0 Å². The maximum atomic E-state index is 5.77. The van der Waals surface area contributed by atoms with Crippen LogP contribution in [0.3, 0.4) is 0 Å². The van der Waals surface area contributed by atoms with Crippen molar-refractivity contribution >= 4 is 45.9 Å². The van der Waals surface area contributed by atoms with Crippen LogP contribution in [0.1, 0.15) is 25.8 Å². The molecule has 0 radical (unpaired) electrons. The quantitative estimate of drug-likeness (QED) is 0.430. The molecule has 1 rings (SSSR count). The number of hydrogen-bond acceptors (Lipinski definition) is 1. The minimum Gasteiger partial charge on any atom is -0.370 e. The summed E-state index contributed by atoms with van der Waals surface area (Å²) in [6.45, 7) is 5.87. The van der Waals surface area contributed by atoms with Crippen LogP contribution in [0.15, 0.2) is 33.7 Å². The molecule has 0 aliphatic carbocycles. The number of rotatable bonds is 5. The molecule has 0 aliphatic heterocycles. The average molecular weight is 426 g/mol. The van der Waals surface area contributed by atoms with Crippen LogP contribution in [-0.2, 0) is 6.54 Å². The molecule has 0 atom stereocenters. The molecule has 0 spiro atoms. The second kappa shape index (κ2) is 9.61. The number of halogens is 2. The van der Waals surface area contributed by atoms with E-state index in [2.05, 4.69) is 40.1 Å². The summed E-state index contributed by atoms with van der Waals surface area (Å²) in [5.41, 5.74) is 6.92. The Morgan fingerprint density at radius 3 is 2.78 bits per heavy atom. The lowest BCUT2D eigenvalue weighted by Gasteiger charge is -2.07. The van der Waals surface area contributed by atoms with Crippen molar-refractivity contribution in [1.29, 1.82) is 0 Å². The van der Waals surface area contributed by atoms with E-state index in [0.29, 0.717) is 18.4 Å². The van der Waals surface area contributed by atoms with Crippen molar-refractivity contribution in [3.05, 3.63) is 34.3 Å². The molecule has 0 aromatic heterocycles. The van der Waals surface area contributed by atoms with Gasteiger partial charge < -0.3 is 11.1 Å². The van der Waals surface area contributed by atoms with Crippen LogP contribution in [0.25, 0.3) is 0 Å². The number of nitrogens with one attached hydrogen (secondary N) is 1. The Morgan fingerprint density at radius 2 is 2.17 bits per heavy atom. The van der Waals surface area contributed by atoms with Gasteiger partial charge in [0.2, 0.25) is 0 Å². The molecule has 3 N–H and O–H groups in total. The van der Waals surface area contributed by atoms with Gasteiger partial charge >= 0.3 is 0 Å². The highest BCUT2D eigenvalue weighted by atomic mass is 127. The number of nitrogens with two attached hydrogens (primary N) is 1. The highest BCUT2D eigenvalue weighted by molar-refractivity contribution is 14.0. The lowest BCUT2D eigenvalue weighted by atomic mass is 10.1. The molecule has 0 unspecified atom stereocenters. The summed E-state index contributed by atoms with van der Waals surface area (Å²) in [5.74, 6) is 1.20. The fraction of sp³-hybridized carbons (Fsp3) is 0.462. The Hall–Kier alpha value is -0.300. The summed E-state index contributed by atoms with van der Waals surface area (Å²) >= 11 is 3.43. The molecule has 1 aromatic carbocycles. The third kappa shape index (κ3) is 7.92. The van der Waals surface area contributed by atoms with Gasteiger partial charge in [-0.05, 0) is 30.0 Å². The molecule has 0 saturated heterocycles. The van der Waals surface area contributed by atoms with Crippen molar-refractivity contribution in [2.24, 2.45) is 16.6 Å². The molecule has 0 heterocycles. The highest BCUT2D eigenvalue weighted by Crippen LogP contribution is 2.12. The Bertz CT molecular complexity index is 380. The molecule has 0 bridgehead atoms. The van der Waals surface area contributed by atoms with Gasteiger partial charge in [-0.25, -0.2) is 4.99 Å². The first kappa shape index (κ1) is 17.7. The molecular formula is C13H21BrIN3. The van der Waals surface area contributed by atoms with Crippen molar-refractivity contribution in [3.63, 3.8) is 0 Å². The lowest BCUT2D eigenvalue weighted by Crippen LogP contribution is -2.32. The summed E-state index contributed by atoms with van der Waals surface area (Å²) in [4.78, 5) is 4.29. The number of benzene rings is 1. The largest absolute Gasteiger partial charge is 0.370 e. The third-order valence-electron chi connectivity index (χ3n) is 2.35. The Morgan fingerprint density at radius 1 is 1.44 bits per heavy atom. The van der Waals surface area contributed by atoms with Crippen LogP contribution in [0.5, 0.6) is 0 Å². The topological polar surface area (TPSA) is 50.4 Å². The maximum Gasteiger partial charge on any atom is 0.188 e. The maximum absolute atomic E-state index is 5.77. The van der Waals surface area contributed by atoms with Gasteiger partial charge in [0, 0.05) is 11.0 Å². The first-order chi connectivity index (χ1) is 8.08. The normalized spacial score (nSPS) is 11.2. The smallest absolute Gasteiger partial charge is 0.188 e. The van der Waals surface area contributed by atoms with Crippen LogP contribution in [0, 0.1) is 5.92 Å². The number of guanidine groups is 1. The van der Waals surface area contributed by atoms with E-state index < -0.39 is 0 Å². The first-order valence-electron chi connectivity index (χ1n) is 5.86. The zero-order chi connectivity index (χ0) is 12.7. The fourth-order valence-corrected chi connectivity index (χ4v) is 1.80. The number of nitrogens with zero attached hydrogens (tertiary/aromatic N) is 1. The summed E-state index contributed by atoms with van der Waals surface area (Å²) in [5, 5.41) is 3.11. The van der Waals surface area contributed by atoms with Gasteiger partial charge in [-0.2, -0.15) is 0 Å². The first-order valence-corrected chi connectivity index (χ1v) is 6.65. The van der Waals surface area contributed by atoms with Crippen molar-refractivity contribution in [3.8, 4) is 0 Å². The molecular weight excluding hydrogens is 405 g/mol. The van der Waals surface area contributed by atoms with Crippen LogP contribution >= 0.6 is 39.9 Å². The molecule has 0 fully saturated rings. The highest BCUT2D eigenvalue weighted by Gasteiger charge is 1.96. The zero-order valence-electron chi connectivity index (χ0n) is 10.8. The minimum atomic E-state index is 0. The number of aliphatic imine (C=N–C) groups is 1. The van der Waals surface area contributed by atoms with Gasteiger partial charge in [-0.1, -0.05) is 41.9 Å². The Balaban J connectivity index is 0.00000289. The van der Waals surface area contributed by atoms with E-state index in [4.69, 9.17) is 5.73 Å². The minimum absolute atomic E-state index is 0. The summed E-state index contributed by atoms with van der Waals surface area (Å²) in [6, 6.07) is 8.08. The second-order valence-electron chi connectivity index (χ2n) is 4.44. The molecule has 0 amide bonds. The summed E-state index contributed by atoms with van der Waals surface area (Å²) in [6.07, 6.45) is 1.10. The van der Waals surface area contributed by atoms with Gasteiger partial charge in [0.15, 0.2) is 5.96 Å². The van der Waals surface area contributed by atoms with Gasteiger partial charge in [0.05, 0.1) is 6.54 Å². The molecule has 5 heteroatoms. The monoisotopic (exact) mass is 425 g/mol. The molecule has 18 heavy (non-hydrogen) atoms. The van der Waals surface area contributed by atoms with E-state index in [1.165, 1.54) is 0 Å². The van der Waals surface area contributed by atoms with E-state index in [0.717, 1.165) is 23.0 Å². The molecule has 0 aliphatic rings. The average Bonchev–Trinajstić information content (AvgIpc) is 2.26. The van der Waals surface area contributed by atoms with E-state index in [-0.39, 0.29) is 24.0 Å². The van der Waals surface area contributed by atoms with Gasteiger partial charge in [-0.3, -0.25) is 0 Å². The van der Waals surface area contributed by atoms with Crippen molar-refractivity contribution in [1.82, 2.24) is 5.32 Å². The fourth-order valence-electron chi connectivity index (χ4n) is 1.36. The number of hydrogen-bond donors (Lipinski definition) is 2. The second-order valence-corrected chi connectivity index (χ2v) is 5.36. The Kier molecular flexibility index (Phi) is 9.45. The predicted octanol–water partition coefficient (Wildman–Crippen LogP) is 3.52. The van der Waals surface area contributed by atoms with E-state index in [1.54, 1.807) is 0 Å². The van der Waals surface area contributed by atoms with E-state index in [9.17, 15) is 0 Å². The SMILES string of the molecule is CC(C)CCNC(N)=NCc1cccc(Br)c1.I. The van der Waals surface area contributed by atoms with Crippen LogP contribution in [-0.4, -0.2) is 12.5 Å². The summed E-state index contributed by atoms with van der Waals surface area (Å²) < 4.78 is 1.07. The van der Waals surface area contributed by atoms with Crippen LogP contribution < -0.4 is 11.1 Å². The molecule has 3 nitrogen and oxygen atoms in total. The summed E-state index contributed by atoms with van der Waals surface area (Å²) in [7, 11) is 0. The van der Waals surface area contributed by atoms with Gasteiger partial charge in [0.25, 0.3) is 0 Å². The zero-order valence-corrected chi connectivity index (χ0v) is 14.7. The van der Waals surface area contributed by atoms with E-state index >= 15 is 0 Å². The van der Waals surface area contributed by atoms with Gasteiger partial charge in [0.1, 0.15) is 0 Å². The third-order valence-corrected chi connectivity index (χ3v) is 2.84. The lowest BCUT2D eigenvalue weighted by molar-refractivity contribution is 0.576. The molecule has 102 valence electrons. The van der Waals surface area contributed by atoms with Gasteiger partial charge in [-0.15, -0.1) is 24.0 Å². The standard InChI is InChI=1S/C13H20BrN3.HI/c1-10(2)6-7-16-13(15)17-9-11-4-3-5-12(14)8-11;/h3-5,8,10H,6-7,9H2,1-2H3,(H3,15,16,17);1H. The van der Waals surface area contributed by atoms with Crippen molar-refractivity contribution in [2.45, 2.75) is 26.8 Å². The molecule has 1 aromatic rings. The van der Waals surface area contributed by atoms with E-state index in [1.807, 2.05) is 24.3 Å². The Labute approximate surface area is 135 Å². The van der Waals surface area contributed by atoms with Crippen LogP contribution in [0.2, 0.25) is 0 Å². The van der Waals surface area contributed by atoms with Crippen molar-refractivity contribution < 1.29 is 0 Å².